The van der Waals surface area contributed by atoms with Crippen LogP contribution in [0.2, 0.25) is 0 Å². The molecule has 21 heavy (non-hydrogen) atoms. The normalized spacial score (nSPS) is 16.1. The van der Waals surface area contributed by atoms with Crippen molar-refractivity contribution in [2.45, 2.75) is 32.1 Å². The average molecular weight is 286 g/mol. The number of aryl methyl sites for hydroxylation is 1. The SMILES string of the molecule is NC(=NCC1CCC1)NCCCc1nnc2ccccn12. The molecule has 3 rings (SSSR count). The zero-order chi connectivity index (χ0) is 14.5. The van der Waals surface area contributed by atoms with Crippen LogP contribution < -0.4 is 11.1 Å². The molecule has 3 N–H and O–H groups in total. The first-order valence-corrected chi connectivity index (χ1v) is 7.65. The van der Waals surface area contributed by atoms with E-state index < -0.39 is 0 Å². The number of fused-ring (bicyclic) bond motifs is 1. The molecule has 2 aromatic rings. The summed E-state index contributed by atoms with van der Waals surface area (Å²) in [7, 11) is 0. The number of nitrogens with two attached hydrogens (primary N) is 1. The summed E-state index contributed by atoms with van der Waals surface area (Å²) in [6.07, 6.45) is 7.77. The van der Waals surface area contributed by atoms with Gasteiger partial charge in [0.25, 0.3) is 0 Å². The number of guanidine groups is 1. The molecule has 0 aromatic carbocycles. The van der Waals surface area contributed by atoms with Gasteiger partial charge in [-0.15, -0.1) is 10.2 Å². The van der Waals surface area contributed by atoms with Crippen LogP contribution in [0, 0.1) is 5.92 Å². The minimum absolute atomic E-state index is 0.563. The molecule has 1 fully saturated rings. The lowest BCUT2D eigenvalue weighted by Gasteiger charge is -2.23. The predicted octanol–water partition coefficient (Wildman–Crippen LogP) is 1.37. The second-order valence-electron chi connectivity index (χ2n) is 5.60. The molecule has 1 aliphatic rings. The van der Waals surface area contributed by atoms with E-state index in [1.165, 1.54) is 19.3 Å². The molecule has 2 heterocycles. The fraction of sp³-hybridized carbons (Fsp3) is 0.533. The Morgan fingerprint density at radius 1 is 1.38 bits per heavy atom. The minimum Gasteiger partial charge on any atom is -0.370 e. The van der Waals surface area contributed by atoms with Crippen molar-refractivity contribution in [1.82, 2.24) is 19.9 Å². The molecule has 0 bridgehead atoms. The molecule has 2 aromatic heterocycles. The quantitative estimate of drug-likeness (QED) is 0.477. The fourth-order valence-corrected chi connectivity index (χ4v) is 2.48. The Kier molecular flexibility index (Phi) is 4.33. The smallest absolute Gasteiger partial charge is 0.188 e. The Labute approximate surface area is 124 Å². The van der Waals surface area contributed by atoms with Crippen LogP contribution in [-0.2, 0) is 6.42 Å². The van der Waals surface area contributed by atoms with Gasteiger partial charge in [-0.2, -0.15) is 0 Å². The van der Waals surface area contributed by atoms with Gasteiger partial charge < -0.3 is 11.1 Å². The maximum atomic E-state index is 5.86. The summed E-state index contributed by atoms with van der Waals surface area (Å²) in [5.41, 5.74) is 6.75. The van der Waals surface area contributed by atoms with Gasteiger partial charge in [0.1, 0.15) is 5.82 Å². The van der Waals surface area contributed by atoms with Gasteiger partial charge in [0, 0.05) is 25.7 Å². The number of hydrogen-bond acceptors (Lipinski definition) is 3. The van der Waals surface area contributed by atoms with Gasteiger partial charge in [0.2, 0.25) is 0 Å². The molecule has 0 atom stereocenters. The zero-order valence-corrected chi connectivity index (χ0v) is 12.2. The van der Waals surface area contributed by atoms with E-state index in [-0.39, 0.29) is 0 Å². The third-order valence-electron chi connectivity index (χ3n) is 4.01. The molecule has 6 nitrogen and oxygen atoms in total. The van der Waals surface area contributed by atoms with Crippen LogP contribution >= 0.6 is 0 Å². The first kappa shape index (κ1) is 13.9. The minimum atomic E-state index is 0.563. The second-order valence-corrected chi connectivity index (χ2v) is 5.60. The van der Waals surface area contributed by atoms with E-state index in [0.29, 0.717) is 5.96 Å². The maximum absolute atomic E-state index is 5.86. The molecule has 0 spiro atoms. The van der Waals surface area contributed by atoms with Gasteiger partial charge in [0.15, 0.2) is 11.6 Å². The zero-order valence-electron chi connectivity index (χ0n) is 12.2. The van der Waals surface area contributed by atoms with Crippen LogP contribution in [-0.4, -0.2) is 33.6 Å². The van der Waals surface area contributed by atoms with E-state index >= 15 is 0 Å². The van der Waals surface area contributed by atoms with Gasteiger partial charge in [-0.1, -0.05) is 12.5 Å². The monoisotopic (exact) mass is 286 g/mol. The molecular weight excluding hydrogens is 264 g/mol. The highest BCUT2D eigenvalue weighted by Crippen LogP contribution is 2.26. The third kappa shape index (κ3) is 3.51. The Morgan fingerprint density at radius 2 is 2.29 bits per heavy atom. The molecule has 0 saturated heterocycles. The lowest BCUT2D eigenvalue weighted by Crippen LogP contribution is -2.33. The second kappa shape index (κ2) is 6.56. The third-order valence-corrected chi connectivity index (χ3v) is 4.01. The topological polar surface area (TPSA) is 80.6 Å². The van der Waals surface area contributed by atoms with Crippen LogP contribution in [0.25, 0.3) is 5.65 Å². The van der Waals surface area contributed by atoms with Crippen molar-refractivity contribution in [3.63, 3.8) is 0 Å². The van der Waals surface area contributed by atoms with Crippen molar-refractivity contribution in [3.8, 4) is 0 Å². The van der Waals surface area contributed by atoms with E-state index in [1.54, 1.807) is 0 Å². The first-order chi connectivity index (χ1) is 10.3. The summed E-state index contributed by atoms with van der Waals surface area (Å²) in [6, 6.07) is 5.91. The standard InChI is InChI=1S/C15H22N6/c16-15(18-11-12-5-3-6-12)17-9-4-8-14-20-19-13-7-1-2-10-21(13)14/h1-2,7,10,12H,3-6,8-9,11H2,(H3,16,17,18). The average Bonchev–Trinajstić information content (AvgIpc) is 2.85. The van der Waals surface area contributed by atoms with E-state index in [9.17, 15) is 0 Å². The Balaban J connectivity index is 1.41. The molecule has 0 unspecified atom stereocenters. The highest BCUT2D eigenvalue weighted by atomic mass is 15.2. The Bertz CT molecular complexity index is 613. The number of aliphatic imine (C=N–C) groups is 1. The van der Waals surface area contributed by atoms with Crippen molar-refractivity contribution < 1.29 is 0 Å². The van der Waals surface area contributed by atoms with Crippen LogP contribution in [0.5, 0.6) is 0 Å². The van der Waals surface area contributed by atoms with E-state index in [0.717, 1.165) is 43.3 Å². The van der Waals surface area contributed by atoms with Crippen molar-refractivity contribution in [2.24, 2.45) is 16.6 Å². The molecule has 0 aliphatic heterocycles. The van der Waals surface area contributed by atoms with E-state index in [4.69, 9.17) is 5.73 Å². The number of aromatic nitrogens is 3. The lowest BCUT2D eigenvalue weighted by atomic mass is 9.86. The van der Waals surface area contributed by atoms with Crippen LogP contribution in [0.1, 0.15) is 31.5 Å². The van der Waals surface area contributed by atoms with Crippen LogP contribution in [0.15, 0.2) is 29.4 Å². The van der Waals surface area contributed by atoms with Crippen molar-refractivity contribution in [3.05, 3.63) is 30.2 Å². The first-order valence-electron chi connectivity index (χ1n) is 7.65. The van der Waals surface area contributed by atoms with Crippen molar-refractivity contribution >= 4 is 11.6 Å². The van der Waals surface area contributed by atoms with E-state index in [1.807, 2.05) is 28.8 Å². The van der Waals surface area contributed by atoms with Gasteiger partial charge in [0.05, 0.1) is 0 Å². The van der Waals surface area contributed by atoms with E-state index in [2.05, 4.69) is 20.5 Å². The van der Waals surface area contributed by atoms with Crippen LogP contribution in [0.4, 0.5) is 0 Å². The highest BCUT2D eigenvalue weighted by Gasteiger charge is 2.16. The summed E-state index contributed by atoms with van der Waals surface area (Å²) < 4.78 is 2.02. The lowest BCUT2D eigenvalue weighted by molar-refractivity contribution is 0.326. The molecule has 112 valence electrons. The number of nitrogens with zero attached hydrogens (tertiary/aromatic N) is 4. The molecule has 6 heteroatoms. The van der Waals surface area contributed by atoms with Gasteiger partial charge >= 0.3 is 0 Å². The summed E-state index contributed by atoms with van der Waals surface area (Å²) in [5.74, 6) is 2.30. The number of rotatable bonds is 6. The highest BCUT2D eigenvalue weighted by molar-refractivity contribution is 5.77. The summed E-state index contributed by atoms with van der Waals surface area (Å²) in [6.45, 7) is 1.68. The Morgan fingerprint density at radius 3 is 3.10 bits per heavy atom. The molecule has 1 aliphatic carbocycles. The predicted molar refractivity (Wildman–Crippen MR) is 83.1 cm³/mol. The molecule has 0 radical (unpaired) electrons. The van der Waals surface area contributed by atoms with Gasteiger partial charge in [-0.05, 0) is 37.3 Å². The summed E-state index contributed by atoms with van der Waals surface area (Å²) in [4.78, 5) is 4.38. The summed E-state index contributed by atoms with van der Waals surface area (Å²) in [5, 5.41) is 11.5. The van der Waals surface area contributed by atoms with Crippen molar-refractivity contribution in [1.29, 1.82) is 0 Å². The molecular formula is C15H22N6. The fourth-order valence-electron chi connectivity index (χ4n) is 2.48. The largest absolute Gasteiger partial charge is 0.370 e. The summed E-state index contributed by atoms with van der Waals surface area (Å²) >= 11 is 0. The number of pyridine rings is 1. The van der Waals surface area contributed by atoms with Gasteiger partial charge in [-0.25, -0.2) is 0 Å². The number of hydrogen-bond donors (Lipinski definition) is 2. The number of nitrogens with one attached hydrogen (secondary N) is 1. The van der Waals surface area contributed by atoms with Gasteiger partial charge in [-0.3, -0.25) is 9.39 Å². The van der Waals surface area contributed by atoms with Crippen molar-refractivity contribution in [2.75, 3.05) is 13.1 Å². The van der Waals surface area contributed by atoms with Crippen LogP contribution in [0.3, 0.4) is 0 Å². The molecule has 0 amide bonds. The Hall–Kier alpha value is -2.11. The maximum Gasteiger partial charge on any atom is 0.188 e. The molecule has 1 saturated carbocycles.